The van der Waals surface area contributed by atoms with E-state index in [-0.39, 0.29) is 5.75 Å². The van der Waals surface area contributed by atoms with Crippen molar-refractivity contribution in [2.45, 2.75) is 0 Å². The summed E-state index contributed by atoms with van der Waals surface area (Å²) in [7, 11) is 1.89. The molecule has 0 radical (unpaired) electrons. The predicted molar refractivity (Wildman–Crippen MR) is 80.5 cm³/mol. The maximum atomic E-state index is 10.0. The summed E-state index contributed by atoms with van der Waals surface area (Å²) in [5, 5.41) is 10.6. The number of hydrogen-bond acceptors (Lipinski definition) is 2. The highest BCUT2D eigenvalue weighted by atomic mass is 79.9. The van der Waals surface area contributed by atoms with Gasteiger partial charge in [0.05, 0.1) is 21.6 Å². The van der Waals surface area contributed by atoms with Crippen molar-refractivity contribution in [2.75, 3.05) is 0 Å². The van der Waals surface area contributed by atoms with E-state index in [0.717, 1.165) is 15.5 Å². The van der Waals surface area contributed by atoms with E-state index in [1.807, 2.05) is 35.9 Å². The molecule has 0 fully saturated rings. The second kappa shape index (κ2) is 4.54. The molecule has 3 aromatic rings. The smallest absolute Gasteiger partial charge is 0.144 e. The van der Waals surface area contributed by atoms with Crippen molar-refractivity contribution in [3.05, 3.63) is 45.9 Å². The molecule has 1 heterocycles. The summed E-state index contributed by atoms with van der Waals surface area (Å²) in [6, 6.07) is 10.9. The predicted octanol–water partition coefficient (Wildman–Crippen LogP) is 4.36. The number of phenols is 1. The molecule has 0 unspecified atom stereocenters. The van der Waals surface area contributed by atoms with Gasteiger partial charge >= 0.3 is 0 Å². The number of aromatic hydroxyl groups is 1. The van der Waals surface area contributed by atoms with Crippen molar-refractivity contribution in [1.29, 1.82) is 0 Å². The Bertz CT molecular complexity index is 782. The minimum atomic E-state index is 0.192. The van der Waals surface area contributed by atoms with Gasteiger partial charge in [0.25, 0.3) is 0 Å². The molecule has 0 bridgehead atoms. The van der Waals surface area contributed by atoms with E-state index in [9.17, 15) is 5.11 Å². The van der Waals surface area contributed by atoms with E-state index >= 15 is 0 Å². The molecule has 0 aliphatic carbocycles. The van der Waals surface area contributed by atoms with Crippen molar-refractivity contribution in [1.82, 2.24) is 9.55 Å². The fourth-order valence-electron chi connectivity index (χ4n) is 2.15. The molecule has 1 aromatic heterocycles. The van der Waals surface area contributed by atoms with Crippen LogP contribution in [0.25, 0.3) is 22.4 Å². The number of para-hydroxylation sites is 1. The molecule has 96 valence electrons. The van der Waals surface area contributed by atoms with Gasteiger partial charge in [0.15, 0.2) is 0 Å². The Morgan fingerprint density at radius 3 is 2.79 bits per heavy atom. The third-order valence-electron chi connectivity index (χ3n) is 3.04. The van der Waals surface area contributed by atoms with Gasteiger partial charge in [0.1, 0.15) is 11.6 Å². The summed E-state index contributed by atoms with van der Waals surface area (Å²) in [4.78, 5) is 4.54. The first-order valence-electron chi connectivity index (χ1n) is 5.68. The van der Waals surface area contributed by atoms with Crippen LogP contribution in [-0.2, 0) is 7.05 Å². The van der Waals surface area contributed by atoms with E-state index in [1.54, 1.807) is 12.1 Å². The Kier molecular flexibility index (Phi) is 2.99. The average Bonchev–Trinajstić information content (AvgIpc) is 2.71. The van der Waals surface area contributed by atoms with Crippen LogP contribution in [0.5, 0.6) is 5.75 Å². The van der Waals surface area contributed by atoms with Gasteiger partial charge in [-0.1, -0.05) is 33.6 Å². The first-order chi connectivity index (χ1) is 9.08. The first kappa shape index (κ1) is 12.5. The summed E-state index contributed by atoms with van der Waals surface area (Å²) in [6.07, 6.45) is 0. The standard InChI is InChI=1S/C14H10BrClN2O/c1-18-13-10(16)3-2-4-11(13)17-14(18)9-7-8(15)5-6-12(9)19/h2-7,19H,1H3. The normalized spacial score (nSPS) is 11.1. The molecule has 3 nitrogen and oxygen atoms in total. The van der Waals surface area contributed by atoms with Crippen LogP contribution in [0.4, 0.5) is 0 Å². The molecule has 0 amide bonds. The van der Waals surface area contributed by atoms with Gasteiger partial charge in [0.2, 0.25) is 0 Å². The van der Waals surface area contributed by atoms with Gasteiger partial charge in [0, 0.05) is 11.5 Å². The van der Waals surface area contributed by atoms with Crippen LogP contribution in [0.1, 0.15) is 0 Å². The molecule has 0 aliphatic rings. The number of nitrogens with zero attached hydrogens (tertiary/aromatic N) is 2. The molecule has 0 atom stereocenters. The van der Waals surface area contributed by atoms with E-state index in [1.165, 1.54) is 0 Å². The maximum Gasteiger partial charge on any atom is 0.144 e. The van der Waals surface area contributed by atoms with Crippen LogP contribution >= 0.6 is 27.5 Å². The van der Waals surface area contributed by atoms with Crippen LogP contribution < -0.4 is 0 Å². The van der Waals surface area contributed by atoms with Crippen molar-refractivity contribution in [2.24, 2.45) is 7.05 Å². The van der Waals surface area contributed by atoms with E-state index in [0.29, 0.717) is 16.4 Å². The molecule has 0 aliphatic heterocycles. The van der Waals surface area contributed by atoms with Crippen LogP contribution in [0.15, 0.2) is 40.9 Å². The van der Waals surface area contributed by atoms with Gasteiger partial charge in [-0.2, -0.15) is 0 Å². The summed E-state index contributed by atoms with van der Waals surface area (Å²) in [5.74, 6) is 0.875. The molecule has 0 saturated carbocycles. The topological polar surface area (TPSA) is 38.0 Å². The number of aromatic nitrogens is 2. The molecule has 1 N–H and O–H groups in total. The molecule has 19 heavy (non-hydrogen) atoms. The molecule has 3 rings (SSSR count). The second-order valence-corrected chi connectivity index (χ2v) is 5.59. The zero-order valence-corrected chi connectivity index (χ0v) is 12.4. The van der Waals surface area contributed by atoms with Crippen LogP contribution in [0.3, 0.4) is 0 Å². The zero-order chi connectivity index (χ0) is 13.6. The van der Waals surface area contributed by atoms with E-state index < -0.39 is 0 Å². The minimum absolute atomic E-state index is 0.192. The number of phenolic OH excluding ortho intramolecular Hbond substituents is 1. The largest absolute Gasteiger partial charge is 0.507 e. The number of benzene rings is 2. The van der Waals surface area contributed by atoms with Gasteiger partial charge in [-0.05, 0) is 30.3 Å². The average molecular weight is 338 g/mol. The summed E-state index contributed by atoms with van der Waals surface area (Å²) < 4.78 is 2.78. The fraction of sp³-hybridized carbons (Fsp3) is 0.0714. The lowest BCUT2D eigenvalue weighted by Gasteiger charge is -2.06. The van der Waals surface area contributed by atoms with Crippen molar-refractivity contribution in [3.63, 3.8) is 0 Å². The highest BCUT2D eigenvalue weighted by molar-refractivity contribution is 9.10. The lowest BCUT2D eigenvalue weighted by molar-refractivity contribution is 0.476. The van der Waals surface area contributed by atoms with E-state index in [2.05, 4.69) is 20.9 Å². The highest BCUT2D eigenvalue weighted by Crippen LogP contribution is 2.34. The zero-order valence-electron chi connectivity index (χ0n) is 10.1. The van der Waals surface area contributed by atoms with Crippen LogP contribution in [0.2, 0.25) is 5.02 Å². The van der Waals surface area contributed by atoms with Crippen LogP contribution in [-0.4, -0.2) is 14.7 Å². The number of fused-ring (bicyclic) bond motifs is 1. The Hall–Kier alpha value is -1.52. The van der Waals surface area contributed by atoms with Crippen molar-refractivity contribution in [3.8, 4) is 17.1 Å². The molecule has 2 aromatic carbocycles. The molecule has 0 saturated heterocycles. The second-order valence-electron chi connectivity index (χ2n) is 4.26. The summed E-state index contributed by atoms with van der Waals surface area (Å²) >= 11 is 9.60. The lowest BCUT2D eigenvalue weighted by atomic mass is 10.2. The summed E-state index contributed by atoms with van der Waals surface area (Å²) in [5.41, 5.74) is 2.34. The van der Waals surface area contributed by atoms with Gasteiger partial charge in [-0.3, -0.25) is 0 Å². The Labute approximate surface area is 123 Å². The minimum Gasteiger partial charge on any atom is -0.507 e. The van der Waals surface area contributed by atoms with Crippen molar-refractivity contribution >= 4 is 38.6 Å². The monoisotopic (exact) mass is 336 g/mol. The fourth-order valence-corrected chi connectivity index (χ4v) is 2.81. The third-order valence-corrected chi connectivity index (χ3v) is 3.84. The lowest BCUT2D eigenvalue weighted by Crippen LogP contribution is -1.93. The molecule has 5 heteroatoms. The number of aryl methyl sites for hydroxylation is 1. The third kappa shape index (κ3) is 2.01. The van der Waals surface area contributed by atoms with E-state index in [4.69, 9.17) is 11.6 Å². The maximum absolute atomic E-state index is 10.0. The molecule has 0 spiro atoms. The van der Waals surface area contributed by atoms with Crippen molar-refractivity contribution < 1.29 is 5.11 Å². The highest BCUT2D eigenvalue weighted by Gasteiger charge is 2.15. The first-order valence-corrected chi connectivity index (χ1v) is 6.85. The Balaban J connectivity index is 2.34. The Morgan fingerprint density at radius 1 is 1.26 bits per heavy atom. The van der Waals surface area contributed by atoms with Crippen LogP contribution in [0, 0.1) is 0 Å². The number of rotatable bonds is 1. The quantitative estimate of drug-likeness (QED) is 0.716. The van der Waals surface area contributed by atoms with Gasteiger partial charge < -0.3 is 9.67 Å². The number of imidazole rings is 1. The number of halogens is 2. The Morgan fingerprint density at radius 2 is 2.05 bits per heavy atom. The summed E-state index contributed by atoms with van der Waals surface area (Å²) in [6.45, 7) is 0. The number of hydrogen-bond donors (Lipinski definition) is 1. The molecular formula is C14H10BrClN2O. The van der Waals surface area contributed by atoms with Gasteiger partial charge in [-0.25, -0.2) is 4.98 Å². The SMILES string of the molecule is Cn1c(-c2cc(Br)ccc2O)nc2cccc(Cl)c21. The van der Waals surface area contributed by atoms with Gasteiger partial charge in [-0.15, -0.1) is 0 Å². The molecular weight excluding hydrogens is 328 g/mol.